The lowest BCUT2D eigenvalue weighted by atomic mass is 9.87. The Kier molecular flexibility index (Phi) is 20.3. The predicted molar refractivity (Wildman–Crippen MR) is 362 cm³/mol. The summed E-state index contributed by atoms with van der Waals surface area (Å²) in [7, 11) is 1.17. The van der Waals surface area contributed by atoms with E-state index >= 15 is 19.2 Å². The molecule has 26 heteroatoms. The number of carbonyl (C=O) groups excluding carboxylic acids is 11. The fraction of sp³-hybridized carbons (Fsp3) is 0.253. The molecule has 3 saturated heterocycles. The number of aliphatic hydroxyl groups excluding tert-OH is 1. The van der Waals surface area contributed by atoms with Crippen LogP contribution in [0.15, 0.2) is 224 Å². The molecule has 0 aliphatic carbocycles. The molecule has 0 spiro atoms. The Bertz CT molecular complexity index is 4560. The molecule has 6 aliphatic heterocycles. The van der Waals surface area contributed by atoms with Crippen molar-refractivity contribution in [1.29, 1.82) is 0 Å². The molecule has 0 bridgehead atoms. The maximum absolute atomic E-state index is 15.7. The third kappa shape index (κ3) is 13.7. The van der Waals surface area contributed by atoms with Crippen LogP contribution in [0.5, 0.6) is 0 Å². The molecule has 15 atom stereocenters. The maximum atomic E-state index is 15.7. The summed E-state index contributed by atoms with van der Waals surface area (Å²) in [6.07, 6.45) is -21.6. The van der Waals surface area contributed by atoms with Crippen molar-refractivity contribution in [2.24, 2.45) is 5.92 Å². The van der Waals surface area contributed by atoms with Gasteiger partial charge in [-0.2, -0.15) is 0 Å². The zero-order valence-corrected chi connectivity index (χ0v) is 55.9. The van der Waals surface area contributed by atoms with Gasteiger partial charge in [0.05, 0.1) is 73.3 Å². The van der Waals surface area contributed by atoms with Crippen LogP contribution in [-0.4, -0.2) is 198 Å². The highest BCUT2D eigenvalue weighted by atomic mass is 16.8. The largest absolute Gasteiger partial charge is 0.459 e. The van der Waals surface area contributed by atoms with E-state index in [0.29, 0.717) is 4.90 Å². The summed E-state index contributed by atoms with van der Waals surface area (Å²) in [6.45, 7) is -1.01. The average molecular weight is 1420 g/mol. The summed E-state index contributed by atoms with van der Waals surface area (Å²) >= 11 is 0. The number of nitrogens with zero attached hydrogens (tertiary/aromatic N) is 3. The average Bonchev–Trinajstić information content (AvgIpc) is 1.71. The Balaban J connectivity index is 0.957. The number of esters is 5. The van der Waals surface area contributed by atoms with Gasteiger partial charge in [-0.05, 0) is 97.1 Å². The molecule has 26 nitrogen and oxygen atoms in total. The third-order valence-corrected chi connectivity index (χ3v) is 19.1. The highest BCUT2D eigenvalue weighted by molar-refractivity contribution is 6.23. The van der Waals surface area contributed by atoms with Gasteiger partial charge in [-0.15, -0.1) is 0 Å². The Hall–Kier alpha value is -11.8. The van der Waals surface area contributed by atoms with Gasteiger partial charge >= 0.3 is 29.8 Å². The van der Waals surface area contributed by atoms with Gasteiger partial charge in [-0.1, -0.05) is 134 Å². The minimum absolute atomic E-state index is 0.00811. The normalized spacial score (nSPS) is 26.1. The molecule has 105 heavy (non-hydrogen) atoms. The molecule has 8 aromatic carbocycles. The number of carbonyl (C=O) groups is 11. The molecule has 1 N–H and O–H groups in total. The standard InChI is InChI=1S/C79H65N3O23/c1-43-58(80-66(84)49-34-18-19-35-50(49)67(80)85)78(99-55(61(43)83)40-96-72(90)44-24-8-3-9-25-44)104-63-57(42-98-74(92)46-28-12-5-13-29-46)101-79(60(65(63)103-76(94)48-32-16-7-17-33-48)82-70(88)53-38-22-23-39-54(53)71(82)89)105-62-56(41-97-73(91)45-26-10-4-11-27-45)100-77(95-2)59(64(62)102-75(93)47-30-14-6-15-31-47)81-68(86)51-36-20-21-37-52(51)69(81)87/h3-39,43,55-65,77-79,83H,40-42H2,1-2H3/t43?,55?,56?,57?,58-,59-,60+,61-,62+,63?,64?,65-,77+,78-,79?/m1/s1. The van der Waals surface area contributed by atoms with Crippen molar-refractivity contribution in [1.82, 2.24) is 14.7 Å². The summed E-state index contributed by atoms with van der Waals surface area (Å²) in [5.41, 5.74) is -0.594. The zero-order chi connectivity index (χ0) is 73.2. The van der Waals surface area contributed by atoms with E-state index in [4.69, 9.17) is 52.1 Å². The van der Waals surface area contributed by atoms with E-state index in [1.807, 2.05) is 0 Å². The van der Waals surface area contributed by atoms with Crippen molar-refractivity contribution in [2.45, 2.75) is 92.8 Å². The molecule has 0 aromatic heterocycles. The number of methoxy groups -OCH3 is 1. The van der Waals surface area contributed by atoms with Gasteiger partial charge in [0.2, 0.25) is 0 Å². The molecular formula is C79H65N3O23. The molecular weight excluding hydrogens is 1360 g/mol. The Morgan fingerprint density at radius 2 is 0.581 bits per heavy atom. The Morgan fingerprint density at radius 3 is 0.895 bits per heavy atom. The number of rotatable bonds is 21. The van der Waals surface area contributed by atoms with Crippen LogP contribution in [0.4, 0.5) is 0 Å². The maximum Gasteiger partial charge on any atom is 0.338 e. The predicted octanol–water partition coefficient (Wildman–Crippen LogP) is 7.59. The van der Waals surface area contributed by atoms with Crippen LogP contribution in [0, 0.1) is 5.92 Å². The minimum Gasteiger partial charge on any atom is -0.459 e. The van der Waals surface area contributed by atoms with E-state index in [9.17, 15) is 38.7 Å². The lowest BCUT2D eigenvalue weighted by molar-refractivity contribution is -0.357. The van der Waals surface area contributed by atoms with Crippen molar-refractivity contribution >= 4 is 65.3 Å². The van der Waals surface area contributed by atoms with Crippen molar-refractivity contribution in [3.05, 3.63) is 286 Å². The molecule has 6 amide bonds. The van der Waals surface area contributed by atoms with Crippen LogP contribution in [0.25, 0.3) is 0 Å². The van der Waals surface area contributed by atoms with E-state index in [1.54, 1.807) is 66.7 Å². The second kappa shape index (κ2) is 30.3. The van der Waals surface area contributed by atoms with Crippen LogP contribution < -0.4 is 0 Å². The number of fused-ring (bicyclic) bond motifs is 3. The van der Waals surface area contributed by atoms with Gasteiger partial charge in [0.1, 0.15) is 62.4 Å². The summed E-state index contributed by atoms with van der Waals surface area (Å²) in [4.78, 5) is 166. The van der Waals surface area contributed by atoms with Gasteiger partial charge in [0.25, 0.3) is 35.4 Å². The second-order valence-corrected chi connectivity index (χ2v) is 25.3. The molecule has 14 rings (SSSR count). The van der Waals surface area contributed by atoms with Crippen LogP contribution in [0.3, 0.4) is 0 Å². The first-order chi connectivity index (χ1) is 51.0. The number of hydrogen-bond donors (Lipinski definition) is 1. The van der Waals surface area contributed by atoms with Gasteiger partial charge in [-0.3, -0.25) is 43.5 Å². The SMILES string of the molecule is CO[C@H]1OC(COC(=O)c2ccccc2)[C@H](OC2OC(COC(=O)c3ccccc3)C(O[C@H]3OC(COC(=O)c4ccccc4)[C@H](O)C(C)[C@H]3N3C(=O)c4ccccc4C3=O)[C@H](OC(=O)c3ccccc3)[C@@H]2N2C(=O)c3ccccc3C2=O)C(OC(=O)c2ccccc2)[C@H]1N1C(=O)c2ccccc2C1=O. The van der Waals surface area contributed by atoms with Crippen molar-refractivity contribution < 1.29 is 110 Å². The van der Waals surface area contributed by atoms with Crippen molar-refractivity contribution in [3.8, 4) is 0 Å². The number of imide groups is 3. The third-order valence-electron chi connectivity index (χ3n) is 19.1. The zero-order valence-electron chi connectivity index (χ0n) is 55.9. The van der Waals surface area contributed by atoms with E-state index in [-0.39, 0.29) is 61.2 Å². The lowest BCUT2D eigenvalue weighted by Gasteiger charge is -2.53. The quantitative estimate of drug-likeness (QED) is 0.0411. The Morgan fingerprint density at radius 1 is 0.333 bits per heavy atom. The smallest absolute Gasteiger partial charge is 0.338 e. The van der Waals surface area contributed by atoms with Gasteiger partial charge in [0.15, 0.2) is 31.1 Å². The van der Waals surface area contributed by atoms with E-state index in [2.05, 4.69) is 0 Å². The number of amides is 6. The van der Waals surface area contributed by atoms with Gasteiger partial charge < -0.3 is 57.2 Å². The fourth-order valence-electron chi connectivity index (χ4n) is 14.0. The van der Waals surface area contributed by atoms with Crippen LogP contribution >= 0.6 is 0 Å². The van der Waals surface area contributed by atoms with Gasteiger partial charge in [0, 0.05) is 13.0 Å². The van der Waals surface area contributed by atoms with Crippen molar-refractivity contribution in [3.63, 3.8) is 0 Å². The molecule has 8 aromatic rings. The molecule has 6 heterocycles. The topological polar surface area (TPSA) is 319 Å². The number of benzene rings is 8. The first-order valence-corrected chi connectivity index (χ1v) is 33.6. The first-order valence-electron chi connectivity index (χ1n) is 33.6. The number of aliphatic hydroxyl groups is 1. The molecule has 6 aliphatic rings. The molecule has 0 radical (unpaired) electrons. The summed E-state index contributed by atoms with van der Waals surface area (Å²) in [6, 6.07) is 49.8. The highest BCUT2D eigenvalue weighted by Crippen LogP contribution is 2.44. The highest BCUT2D eigenvalue weighted by Gasteiger charge is 2.63. The van der Waals surface area contributed by atoms with E-state index in [1.165, 1.54) is 172 Å². The number of hydrogen-bond acceptors (Lipinski definition) is 23. The number of ether oxygens (including phenoxy) is 11. The molecule has 3 fully saturated rings. The van der Waals surface area contributed by atoms with E-state index < -0.39 is 177 Å². The molecule has 534 valence electrons. The fourth-order valence-corrected chi connectivity index (χ4v) is 14.0. The van der Waals surface area contributed by atoms with Crippen molar-refractivity contribution in [2.75, 3.05) is 26.9 Å². The first kappa shape index (κ1) is 70.3. The summed E-state index contributed by atoms with van der Waals surface area (Å²) < 4.78 is 72.2. The lowest BCUT2D eigenvalue weighted by Crippen LogP contribution is -2.72. The molecule has 7 unspecified atom stereocenters. The minimum atomic E-state index is -2.34. The second-order valence-electron chi connectivity index (χ2n) is 25.3. The Labute approximate surface area is 598 Å². The van der Waals surface area contributed by atoms with E-state index in [0.717, 1.165) is 9.80 Å². The summed E-state index contributed by atoms with van der Waals surface area (Å²) in [5.74, 6) is -11.9. The van der Waals surface area contributed by atoms with Crippen LogP contribution in [-0.2, 0) is 52.1 Å². The van der Waals surface area contributed by atoms with Gasteiger partial charge in [-0.25, -0.2) is 24.0 Å². The van der Waals surface area contributed by atoms with Crippen LogP contribution in [0.1, 0.15) is 121 Å². The monoisotopic (exact) mass is 1420 g/mol. The molecule has 0 saturated carbocycles. The summed E-state index contributed by atoms with van der Waals surface area (Å²) in [5, 5.41) is 12.4. The van der Waals surface area contributed by atoms with Crippen LogP contribution in [0.2, 0.25) is 0 Å².